The topological polar surface area (TPSA) is 55.8 Å². The first-order chi connectivity index (χ1) is 12.1. The van der Waals surface area contributed by atoms with Crippen LogP contribution < -0.4 is 9.47 Å². The Labute approximate surface area is 152 Å². The molecular formula is C20H21ClO4. The largest absolute Gasteiger partial charge is 0.490 e. The molecule has 0 spiro atoms. The predicted molar refractivity (Wildman–Crippen MR) is 98.7 cm³/mol. The quantitative estimate of drug-likeness (QED) is 0.499. The van der Waals surface area contributed by atoms with E-state index >= 15 is 0 Å². The van der Waals surface area contributed by atoms with Gasteiger partial charge in [0.2, 0.25) is 0 Å². The molecule has 2 aromatic carbocycles. The molecule has 0 aliphatic heterocycles. The second kappa shape index (κ2) is 9.74. The fourth-order valence-corrected chi connectivity index (χ4v) is 2.59. The van der Waals surface area contributed by atoms with Gasteiger partial charge in [-0.3, -0.25) is 4.79 Å². The van der Waals surface area contributed by atoms with Crippen molar-refractivity contribution >= 4 is 17.6 Å². The summed E-state index contributed by atoms with van der Waals surface area (Å²) in [4.78, 5) is 10.8. The second-order valence-corrected chi connectivity index (χ2v) is 5.88. The molecule has 0 aliphatic rings. The summed E-state index contributed by atoms with van der Waals surface area (Å²) < 4.78 is 11.5. The zero-order valence-corrected chi connectivity index (χ0v) is 14.7. The Balaban J connectivity index is 1.91. The van der Waals surface area contributed by atoms with Crippen LogP contribution in [-0.4, -0.2) is 24.3 Å². The van der Waals surface area contributed by atoms with Crippen LogP contribution in [0.1, 0.15) is 17.5 Å². The molecule has 0 aliphatic carbocycles. The Bertz CT molecular complexity index is 727. The zero-order chi connectivity index (χ0) is 18.1. The minimum Gasteiger partial charge on any atom is -0.490 e. The van der Waals surface area contributed by atoms with Gasteiger partial charge in [-0.25, -0.2) is 0 Å². The number of hydrogen-bond donors (Lipinski definition) is 1. The Kier molecular flexibility index (Phi) is 7.36. The fraction of sp³-hybridized carbons (Fsp3) is 0.250. The van der Waals surface area contributed by atoms with E-state index in [1.807, 2.05) is 30.3 Å². The average Bonchev–Trinajstić information content (AvgIpc) is 2.59. The van der Waals surface area contributed by atoms with Crippen molar-refractivity contribution in [2.75, 3.05) is 13.2 Å². The zero-order valence-electron chi connectivity index (χ0n) is 13.9. The molecule has 0 heterocycles. The maximum atomic E-state index is 10.8. The van der Waals surface area contributed by atoms with Gasteiger partial charge in [-0.15, -0.1) is 6.58 Å². The Morgan fingerprint density at radius 3 is 2.44 bits per heavy atom. The molecule has 1 N–H and O–H groups in total. The molecule has 25 heavy (non-hydrogen) atoms. The van der Waals surface area contributed by atoms with E-state index in [2.05, 4.69) is 6.58 Å². The molecule has 2 rings (SSSR count). The summed E-state index contributed by atoms with van der Waals surface area (Å²) in [6.45, 7) is 4.48. The highest BCUT2D eigenvalue weighted by atomic mass is 35.5. The molecule has 0 aromatic heterocycles. The molecule has 0 radical (unpaired) electrons. The van der Waals surface area contributed by atoms with Gasteiger partial charge in [0.1, 0.15) is 24.7 Å². The molecule has 132 valence electrons. The number of halogens is 1. The number of benzene rings is 2. The first kappa shape index (κ1) is 18.9. The third-order valence-electron chi connectivity index (χ3n) is 3.57. The van der Waals surface area contributed by atoms with Gasteiger partial charge in [0.15, 0.2) is 0 Å². The normalized spacial score (nSPS) is 10.3. The van der Waals surface area contributed by atoms with E-state index in [0.717, 1.165) is 23.3 Å². The number of para-hydroxylation sites is 1. The van der Waals surface area contributed by atoms with E-state index in [1.54, 1.807) is 18.2 Å². The van der Waals surface area contributed by atoms with Crippen molar-refractivity contribution in [2.45, 2.75) is 19.3 Å². The van der Waals surface area contributed by atoms with E-state index in [1.165, 1.54) is 0 Å². The van der Waals surface area contributed by atoms with E-state index in [0.29, 0.717) is 30.4 Å². The minimum atomic E-state index is -0.854. The Morgan fingerprint density at radius 1 is 1.08 bits per heavy atom. The fourth-order valence-electron chi connectivity index (χ4n) is 2.40. The summed E-state index contributed by atoms with van der Waals surface area (Å²) in [7, 11) is 0. The lowest BCUT2D eigenvalue weighted by Crippen LogP contribution is -2.11. The maximum absolute atomic E-state index is 10.8. The van der Waals surface area contributed by atoms with Gasteiger partial charge >= 0.3 is 5.97 Å². The average molecular weight is 361 g/mol. The van der Waals surface area contributed by atoms with Crippen LogP contribution in [0.5, 0.6) is 11.5 Å². The number of rotatable bonds is 10. The molecule has 0 fully saturated rings. The van der Waals surface area contributed by atoms with Crippen molar-refractivity contribution < 1.29 is 19.4 Å². The summed E-state index contributed by atoms with van der Waals surface area (Å²) in [5.74, 6) is 0.593. The molecule has 4 nitrogen and oxygen atoms in total. The lowest BCUT2D eigenvalue weighted by atomic mass is 10.1. The van der Waals surface area contributed by atoms with Crippen LogP contribution in [-0.2, 0) is 17.6 Å². The van der Waals surface area contributed by atoms with Gasteiger partial charge in [-0.05, 0) is 48.2 Å². The number of aryl methyl sites for hydroxylation is 1. The van der Waals surface area contributed by atoms with Crippen LogP contribution in [0.4, 0.5) is 0 Å². The van der Waals surface area contributed by atoms with Crippen molar-refractivity contribution in [1.82, 2.24) is 0 Å². The molecule has 0 amide bonds. The van der Waals surface area contributed by atoms with Gasteiger partial charge in [-0.1, -0.05) is 35.9 Å². The van der Waals surface area contributed by atoms with Gasteiger partial charge < -0.3 is 14.6 Å². The molecular weight excluding hydrogens is 340 g/mol. The van der Waals surface area contributed by atoms with Crippen molar-refractivity contribution in [1.29, 1.82) is 0 Å². The van der Waals surface area contributed by atoms with Crippen molar-refractivity contribution in [3.63, 3.8) is 0 Å². The summed E-state index contributed by atoms with van der Waals surface area (Å²) in [6.07, 6.45) is 2.98. The maximum Gasteiger partial charge on any atom is 0.303 e. The summed E-state index contributed by atoms with van der Waals surface area (Å²) in [5.41, 5.74) is 1.85. The van der Waals surface area contributed by atoms with E-state index in [9.17, 15) is 4.79 Å². The highest BCUT2D eigenvalue weighted by Gasteiger charge is 2.08. The summed E-state index contributed by atoms with van der Waals surface area (Å²) in [5, 5.41) is 9.40. The smallest absolute Gasteiger partial charge is 0.303 e. The SMILES string of the molecule is C=CCc1ccccc1OCCOc1ccc(Cl)cc1CCC(=O)O. The number of carbonyl (C=O) groups is 1. The Morgan fingerprint density at radius 2 is 1.76 bits per heavy atom. The second-order valence-electron chi connectivity index (χ2n) is 5.44. The predicted octanol–water partition coefficient (Wildman–Crippen LogP) is 4.54. The summed E-state index contributed by atoms with van der Waals surface area (Å²) >= 11 is 5.98. The van der Waals surface area contributed by atoms with Gasteiger partial charge in [0.25, 0.3) is 0 Å². The van der Waals surface area contributed by atoms with Gasteiger partial charge in [0.05, 0.1) is 0 Å². The third kappa shape index (κ3) is 6.16. The monoisotopic (exact) mass is 360 g/mol. The molecule has 2 aromatic rings. The van der Waals surface area contributed by atoms with Gasteiger partial charge in [0, 0.05) is 11.4 Å². The molecule has 0 saturated heterocycles. The van der Waals surface area contributed by atoms with Gasteiger partial charge in [-0.2, -0.15) is 0 Å². The highest BCUT2D eigenvalue weighted by Crippen LogP contribution is 2.24. The summed E-state index contributed by atoms with van der Waals surface area (Å²) in [6, 6.07) is 13.0. The minimum absolute atomic E-state index is 0.0299. The first-order valence-electron chi connectivity index (χ1n) is 8.04. The van der Waals surface area contributed by atoms with E-state index in [4.69, 9.17) is 26.2 Å². The van der Waals surface area contributed by atoms with Crippen LogP contribution in [0.2, 0.25) is 5.02 Å². The lowest BCUT2D eigenvalue weighted by Gasteiger charge is -2.13. The van der Waals surface area contributed by atoms with Crippen LogP contribution in [0.25, 0.3) is 0 Å². The number of allylic oxidation sites excluding steroid dienone is 1. The number of carboxylic acid groups (broad SMARTS) is 1. The number of ether oxygens (including phenoxy) is 2. The third-order valence-corrected chi connectivity index (χ3v) is 3.80. The van der Waals surface area contributed by atoms with Crippen LogP contribution >= 0.6 is 11.6 Å². The van der Waals surface area contributed by atoms with Crippen LogP contribution in [0.15, 0.2) is 55.1 Å². The number of aliphatic carboxylic acids is 1. The first-order valence-corrected chi connectivity index (χ1v) is 8.42. The standard InChI is InChI=1S/C20H21ClO4/c1-2-5-15-6-3-4-7-18(15)24-12-13-25-19-10-9-17(21)14-16(19)8-11-20(22)23/h2-4,6-7,9-10,14H,1,5,8,11-13H2,(H,22,23). The highest BCUT2D eigenvalue weighted by molar-refractivity contribution is 6.30. The van der Waals surface area contributed by atoms with E-state index in [-0.39, 0.29) is 6.42 Å². The van der Waals surface area contributed by atoms with Crippen molar-refractivity contribution in [3.8, 4) is 11.5 Å². The molecule has 0 atom stereocenters. The van der Waals surface area contributed by atoms with Crippen LogP contribution in [0.3, 0.4) is 0 Å². The van der Waals surface area contributed by atoms with Crippen molar-refractivity contribution in [2.24, 2.45) is 0 Å². The number of carboxylic acids is 1. The molecule has 5 heteroatoms. The molecule has 0 unspecified atom stereocenters. The van der Waals surface area contributed by atoms with Crippen LogP contribution in [0, 0.1) is 0 Å². The van der Waals surface area contributed by atoms with E-state index < -0.39 is 5.97 Å². The van der Waals surface area contributed by atoms with Crippen molar-refractivity contribution in [3.05, 3.63) is 71.3 Å². The number of hydrogen-bond acceptors (Lipinski definition) is 3. The lowest BCUT2D eigenvalue weighted by molar-refractivity contribution is -0.136. The molecule has 0 bridgehead atoms. The molecule has 0 saturated carbocycles. The Hall–Kier alpha value is -2.46.